The highest BCUT2D eigenvalue weighted by Crippen LogP contribution is 2.26. The molecule has 49 heavy (non-hydrogen) atoms. The number of unbranched alkanes of at least 4 members (excludes halogenated alkanes) is 19. The summed E-state index contributed by atoms with van der Waals surface area (Å²) in [6.45, 7) is 4.35. The Morgan fingerprint density at radius 2 is 1.20 bits per heavy atom. The Morgan fingerprint density at radius 1 is 0.714 bits per heavy atom. The zero-order chi connectivity index (χ0) is 35.5. The minimum Gasteiger partial charge on any atom is -0.445 e. The van der Waals surface area contributed by atoms with Gasteiger partial charge in [0.2, 0.25) is 5.91 Å². The number of aliphatic hydroxyl groups excluding tert-OH is 3. The van der Waals surface area contributed by atoms with Gasteiger partial charge in [0.25, 0.3) is 0 Å². The van der Waals surface area contributed by atoms with Crippen molar-refractivity contribution in [2.24, 2.45) is 0 Å². The van der Waals surface area contributed by atoms with E-state index in [4.69, 9.17) is 9.47 Å². The number of nitrogens with one attached hydrogen (secondary N) is 1. The van der Waals surface area contributed by atoms with E-state index in [1.54, 1.807) is 4.90 Å². The maximum atomic E-state index is 13.8. The molecule has 1 aromatic rings. The zero-order valence-corrected chi connectivity index (χ0v) is 30.9. The van der Waals surface area contributed by atoms with Crippen LogP contribution in [0.2, 0.25) is 0 Å². The van der Waals surface area contributed by atoms with Crippen molar-refractivity contribution in [3.8, 4) is 0 Å². The molecule has 0 aliphatic carbocycles. The molecule has 0 unspecified atom stereocenters. The summed E-state index contributed by atoms with van der Waals surface area (Å²) in [6.07, 6.45) is 19.2. The number of amides is 2. The molecule has 2 amide bonds. The first-order valence-corrected chi connectivity index (χ1v) is 19.8. The van der Waals surface area contributed by atoms with Crippen molar-refractivity contribution in [3.05, 3.63) is 35.9 Å². The third-order valence-electron chi connectivity index (χ3n) is 9.77. The van der Waals surface area contributed by atoms with Crippen molar-refractivity contribution < 1.29 is 34.4 Å². The number of benzene rings is 1. The van der Waals surface area contributed by atoms with Gasteiger partial charge in [-0.15, -0.1) is 0 Å². The number of hydrogen-bond donors (Lipinski definition) is 4. The zero-order valence-electron chi connectivity index (χ0n) is 30.9. The molecule has 1 aliphatic heterocycles. The highest BCUT2D eigenvalue weighted by Gasteiger charge is 2.48. The topological polar surface area (TPSA) is 129 Å². The first kappa shape index (κ1) is 43.0. The average molecular weight is 691 g/mol. The van der Waals surface area contributed by atoms with Crippen LogP contribution >= 0.6 is 0 Å². The van der Waals surface area contributed by atoms with E-state index in [2.05, 4.69) is 19.2 Å². The number of hydrogen-bond acceptors (Lipinski definition) is 7. The summed E-state index contributed by atoms with van der Waals surface area (Å²) in [4.78, 5) is 28.3. The molecule has 1 heterocycles. The van der Waals surface area contributed by atoms with Gasteiger partial charge in [0.15, 0.2) is 6.23 Å². The van der Waals surface area contributed by atoms with Gasteiger partial charge in [0, 0.05) is 13.0 Å². The van der Waals surface area contributed by atoms with E-state index in [0.29, 0.717) is 13.0 Å². The monoisotopic (exact) mass is 691 g/mol. The number of aliphatic hydroxyl groups is 3. The van der Waals surface area contributed by atoms with E-state index in [-0.39, 0.29) is 12.5 Å². The van der Waals surface area contributed by atoms with Crippen LogP contribution in [0.4, 0.5) is 4.79 Å². The van der Waals surface area contributed by atoms with Crippen LogP contribution in [0.25, 0.3) is 0 Å². The lowest BCUT2D eigenvalue weighted by Crippen LogP contribution is -2.68. The molecule has 5 atom stereocenters. The Balaban J connectivity index is 1.96. The predicted molar refractivity (Wildman–Crippen MR) is 196 cm³/mol. The minimum absolute atomic E-state index is 0.0305. The van der Waals surface area contributed by atoms with Crippen LogP contribution in [-0.4, -0.2) is 76.0 Å². The van der Waals surface area contributed by atoms with Gasteiger partial charge in [-0.1, -0.05) is 166 Å². The van der Waals surface area contributed by atoms with Gasteiger partial charge in [-0.3, -0.25) is 4.79 Å². The van der Waals surface area contributed by atoms with Crippen molar-refractivity contribution in [1.82, 2.24) is 10.2 Å². The van der Waals surface area contributed by atoms with Gasteiger partial charge < -0.3 is 35.0 Å². The summed E-state index contributed by atoms with van der Waals surface area (Å²) < 4.78 is 11.5. The van der Waals surface area contributed by atoms with Crippen molar-refractivity contribution in [2.75, 3.05) is 13.2 Å². The fourth-order valence-electron chi connectivity index (χ4n) is 6.67. The molecule has 1 aliphatic rings. The Hall–Kier alpha value is -2.20. The largest absolute Gasteiger partial charge is 0.445 e. The first-order chi connectivity index (χ1) is 23.9. The molecule has 9 heteroatoms. The van der Waals surface area contributed by atoms with Gasteiger partial charge in [-0.2, -0.15) is 0 Å². The third-order valence-corrected chi connectivity index (χ3v) is 9.77. The molecular formula is C40H70N2O7. The third kappa shape index (κ3) is 18.0. The second-order valence-corrected chi connectivity index (χ2v) is 14.0. The van der Waals surface area contributed by atoms with Crippen molar-refractivity contribution in [1.29, 1.82) is 0 Å². The smallest absolute Gasteiger partial charge is 0.407 e. The average Bonchev–Trinajstić information content (AvgIpc) is 3.11. The molecule has 0 saturated carbocycles. The van der Waals surface area contributed by atoms with Crippen LogP contribution in [0.3, 0.4) is 0 Å². The number of nitrogens with zero attached hydrogens (tertiary/aromatic N) is 1. The first-order valence-electron chi connectivity index (χ1n) is 19.8. The standard InChI is InChI=1S/C40H70N2O7/c1-3-5-7-9-11-12-13-14-15-16-17-19-21-26-30-42(35(44)29-25-20-18-10-8-6-4-2)39-36(38(46)37(45)34(31-43)49-39)41-40(47)48-32-33-27-23-22-24-28-33/h22-24,27-28,34,36-39,43,45-46H,3-21,25-26,29-32H2,1-2H3,(H,41,47)/t34-,36-,37-,38-,39-/m1/s1. The molecule has 1 fully saturated rings. The molecule has 1 saturated heterocycles. The molecule has 1 aromatic carbocycles. The fraction of sp³-hybridized carbons (Fsp3) is 0.800. The van der Waals surface area contributed by atoms with Crippen molar-refractivity contribution >= 4 is 12.0 Å². The van der Waals surface area contributed by atoms with Gasteiger partial charge in [0.05, 0.1) is 6.61 Å². The van der Waals surface area contributed by atoms with E-state index in [1.165, 1.54) is 83.5 Å². The lowest BCUT2D eigenvalue weighted by Gasteiger charge is -2.46. The summed E-state index contributed by atoms with van der Waals surface area (Å²) in [7, 11) is 0. The normalized spacial score (nSPS) is 20.6. The molecule has 0 aromatic heterocycles. The maximum Gasteiger partial charge on any atom is 0.407 e. The fourth-order valence-corrected chi connectivity index (χ4v) is 6.67. The van der Waals surface area contributed by atoms with Gasteiger partial charge in [0.1, 0.15) is 31.0 Å². The summed E-state index contributed by atoms with van der Waals surface area (Å²) in [5.74, 6) is -0.113. The molecule has 0 spiro atoms. The molecule has 4 N–H and O–H groups in total. The van der Waals surface area contributed by atoms with Crippen LogP contribution in [0.1, 0.15) is 161 Å². The number of carbonyl (C=O) groups is 2. The second-order valence-electron chi connectivity index (χ2n) is 14.0. The second kappa shape index (κ2) is 27.5. The highest BCUT2D eigenvalue weighted by molar-refractivity contribution is 5.76. The quantitative estimate of drug-likeness (QED) is 0.0653. The van der Waals surface area contributed by atoms with Crippen molar-refractivity contribution in [2.45, 2.75) is 192 Å². The number of rotatable bonds is 28. The Labute approximate surface area is 297 Å². The summed E-state index contributed by atoms with van der Waals surface area (Å²) in [5.41, 5.74) is 0.805. The molecule has 2 rings (SSSR count). The maximum absolute atomic E-state index is 13.8. The van der Waals surface area contributed by atoms with Gasteiger partial charge in [-0.05, 0) is 18.4 Å². The summed E-state index contributed by atoms with van der Waals surface area (Å²) in [6, 6.07) is 8.12. The Bertz CT molecular complexity index is 965. The summed E-state index contributed by atoms with van der Waals surface area (Å²) >= 11 is 0. The van der Waals surface area contributed by atoms with Gasteiger partial charge in [-0.25, -0.2) is 4.79 Å². The highest BCUT2D eigenvalue weighted by atomic mass is 16.6. The molecule has 282 valence electrons. The van der Waals surface area contributed by atoms with Crippen LogP contribution < -0.4 is 5.32 Å². The Kier molecular flexibility index (Phi) is 24.1. The number of alkyl carbamates (subject to hydrolysis) is 1. The van der Waals surface area contributed by atoms with E-state index < -0.39 is 43.3 Å². The predicted octanol–water partition coefficient (Wildman–Crippen LogP) is 8.17. The summed E-state index contributed by atoms with van der Waals surface area (Å²) in [5, 5.41) is 34.5. The van der Waals surface area contributed by atoms with Crippen molar-refractivity contribution in [3.63, 3.8) is 0 Å². The SMILES string of the molecule is CCCCCCCCCCCCCCCCN(C(=O)CCCCCCCCC)[C@@H]1O[C@H](CO)[C@@H](O)[C@H](O)[C@H]1NC(=O)OCc1ccccc1. The van der Waals surface area contributed by atoms with Crippen LogP contribution in [-0.2, 0) is 20.9 Å². The lowest BCUT2D eigenvalue weighted by molar-refractivity contribution is -0.230. The molecule has 0 radical (unpaired) electrons. The van der Waals surface area contributed by atoms with E-state index >= 15 is 0 Å². The van der Waals surface area contributed by atoms with E-state index in [9.17, 15) is 24.9 Å². The van der Waals surface area contributed by atoms with Crippen LogP contribution in [0.5, 0.6) is 0 Å². The van der Waals surface area contributed by atoms with Gasteiger partial charge >= 0.3 is 6.09 Å². The number of ether oxygens (including phenoxy) is 2. The van der Waals surface area contributed by atoms with E-state index in [0.717, 1.165) is 56.9 Å². The minimum atomic E-state index is -1.47. The van der Waals surface area contributed by atoms with Crippen LogP contribution in [0.15, 0.2) is 30.3 Å². The lowest BCUT2D eigenvalue weighted by atomic mass is 9.95. The Morgan fingerprint density at radius 3 is 1.71 bits per heavy atom. The number of carbonyl (C=O) groups excluding carboxylic acids is 2. The van der Waals surface area contributed by atoms with E-state index in [1.807, 2.05) is 30.3 Å². The van der Waals surface area contributed by atoms with Crippen LogP contribution in [0, 0.1) is 0 Å². The molecule has 0 bridgehead atoms. The molecular weight excluding hydrogens is 620 g/mol. The molecule has 9 nitrogen and oxygen atoms in total.